The summed E-state index contributed by atoms with van der Waals surface area (Å²) in [7, 11) is 0. The van der Waals surface area contributed by atoms with Crippen LogP contribution < -0.4 is 5.32 Å². The predicted octanol–water partition coefficient (Wildman–Crippen LogP) is 2.61. The first-order chi connectivity index (χ1) is 10.2. The van der Waals surface area contributed by atoms with Gasteiger partial charge in [0, 0.05) is 38.8 Å². The van der Waals surface area contributed by atoms with Crippen LogP contribution in [0, 0.1) is 5.92 Å². The molecule has 1 saturated heterocycles. The molecule has 2 atom stereocenters. The minimum atomic E-state index is 0.459. The number of hydrogen-bond acceptors (Lipinski definition) is 3. The second-order valence-electron chi connectivity index (χ2n) is 6.16. The number of likely N-dealkylation sites (N-methyl/N-ethyl adjacent to an activating group) is 1. The minimum Gasteiger partial charge on any atom is -0.310 e. The zero-order valence-electron chi connectivity index (χ0n) is 13.9. The molecule has 0 spiro atoms. The first-order valence-corrected chi connectivity index (χ1v) is 8.47. The molecule has 0 radical (unpaired) electrons. The Morgan fingerprint density at radius 3 is 2.19 bits per heavy atom. The molecule has 118 valence electrons. The maximum absolute atomic E-state index is 3.67. The van der Waals surface area contributed by atoms with Crippen LogP contribution in [-0.4, -0.2) is 55.6 Å². The van der Waals surface area contributed by atoms with E-state index in [0.717, 1.165) is 6.54 Å². The van der Waals surface area contributed by atoms with E-state index in [-0.39, 0.29) is 0 Å². The Kier molecular flexibility index (Phi) is 6.68. The van der Waals surface area contributed by atoms with Crippen molar-refractivity contribution in [2.75, 3.05) is 45.8 Å². The molecule has 2 rings (SSSR count). The van der Waals surface area contributed by atoms with Crippen LogP contribution in [0.2, 0.25) is 0 Å². The lowest BCUT2D eigenvalue weighted by molar-refractivity contribution is 0.117. The van der Waals surface area contributed by atoms with Gasteiger partial charge in [0.1, 0.15) is 0 Å². The molecule has 1 aromatic carbocycles. The summed E-state index contributed by atoms with van der Waals surface area (Å²) >= 11 is 0. The quantitative estimate of drug-likeness (QED) is 0.832. The highest BCUT2D eigenvalue weighted by atomic mass is 15.3. The van der Waals surface area contributed by atoms with Crippen LogP contribution in [0.15, 0.2) is 30.3 Å². The SMILES string of the molecule is CCNC(c1ccccc1)C(C)CN1CCN(CC)CC1. The van der Waals surface area contributed by atoms with Crippen LogP contribution in [0.1, 0.15) is 32.4 Å². The molecule has 3 nitrogen and oxygen atoms in total. The molecule has 0 aromatic heterocycles. The Labute approximate surface area is 130 Å². The van der Waals surface area contributed by atoms with Gasteiger partial charge in [-0.25, -0.2) is 0 Å². The van der Waals surface area contributed by atoms with Gasteiger partial charge < -0.3 is 15.1 Å². The molecule has 1 aliphatic heterocycles. The molecule has 0 saturated carbocycles. The van der Waals surface area contributed by atoms with E-state index in [4.69, 9.17) is 0 Å². The van der Waals surface area contributed by atoms with E-state index in [1.165, 1.54) is 44.8 Å². The molecule has 3 heteroatoms. The summed E-state index contributed by atoms with van der Waals surface area (Å²) < 4.78 is 0. The fraction of sp³-hybridized carbons (Fsp3) is 0.667. The summed E-state index contributed by atoms with van der Waals surface area (Å²) in [6, 6.07) is 11.3. The molecule has 1 aliphatic rings. The van der Waals surface area contributed by atoms with Gasteiger partial charge in [0.2, 0.25) is 0 Å². The summed E-state index contributed by atoms with van der Waals surface area (Å²) in [5, 5.41) is 3.67. The van der Waals surface area contributed by atoms with Crippen molar-refractivity contribution in [3.8, 4) is 0 Å². The average Bonchev–Trinajstić information content (AvgIpc) is 2.54. The number of nitrogens with zero attached hydrogens (tertiary/aromatic N) is 2. The van der Waals surface area contributed by atoms with Crippen molar-refractivity contribution in [2.24, 2.45) is 5.92 Å². The number of piperazine rings is 1. The molecule has 0 amide bonds. The molecule has 1 fully saturated rings. The van der Waals surface area contributed by atoms with E-state index < -0.39 is 0 Å². The predicted molar refractivity (Wildman–Crippen MR) is 90.6 cm³/mol. The number of rotatable bonds is 7. The minimum absolute atomic E-state index is 0.459. The van der Waals surface area contributed by atoms with Crippen LogP contribution in [-0.2, 0) is 0 Å². The van der Waals surface area contributed by atoms with Gasteiger partial charge in [0.15, 0.2) is 0 Å². The van der Waals surface area contributed by atoms with Crippen molar-refractivity contribution in [1.29, 1.82) is 0 Å². The largest absolute Gasteiger partial charge is 0.310 e. The summed E-state index contributed by atoms with van der Waals surface area (Å²) in [4.78, 5) is 5.17. The topological polar surface area (TPSA) is 18.5 Å². The standard InChI is InChI=1S/C18H31N3/c1-4-19-18(17-9-7-6-8-10-17)16(3)15-21-13-11-20(5-2)12-14-21/h6-10,16,18-19H,4-5,11-15H2,1-3H3. The molecular formula is C18H31N3. The van der Waals surface area contributed by atoms with E-state index in [0.29, 0.717) is 12.0 Å². The van der Waals surface area contributed by atoms with Crippen LogP contribution in [0.3, 0.4) is 0 Å². The first-order valence-electron chi connectivity index (χ1n) is 8.47. The third-order valence-electron chi connectivity index (χ3n) is 4.61. The van der Waals surface area contributed by atoms with Crippen molar-refractivity contribution in [3.63, 3.8) is 0 Å². The van der Waals surface area contributed by atoms with Crippen molar-refractivity contribution < 1.29 is 0 Å². The highest BCUT2D eigenvalue weighted by molar-refractivity contribution is 5.19. The van der Waals surface area contributed by atoms with Crippen molar-refractivity contribution in [1.82, 2.24) is 15.1 Å². The second-order valence-corrected chi connectivity index (χ2v) is 6.16. The van der Waals surface area contributed by atoms with Crippen molar-refractivity contribution >= 4 is 0 Å². The highest BCUT2D eigenvalue weighted by Crippen LogP contribution is 2.23. The van der Waals surface area contributed by atoms with Crippen LogP contribution >= 0.6 is 0 Å². The van der Waals surface area contributed by atoms with Gasteiger partial charge in [-0.05, 0) is 24.6 Å². The maximum Gasteiger partial charge on any atom is 0.0358 e. The fourth-order valence-electron chi connectivity index (χ4n) is 3.33. The summed E-state index contributed by atoms with van der Waals surface area (Å²) in [6.45, 7) is 15.1. The van der Waals surface area contributed by atoms with Crippen LogP contribution in [0.5, 0.6) is 0 Å². The zero-order chi connectivity index (χ0) is 15.1. The summed E-state index contributed by atoms with van der Waals surface area (Å²) in [6.07, 6.45) is 0. The van der Waals surface area contributed by atoms with Crippen molar-refractivity contribution in [2.45, 2.75) is 26.8 Å². The molecule has 0 bridgehead atoms. The number of benzene rings is 1. The average molecular weight is 289 g/mol. The van der Waals surface area contributed by atoms with Gasteiger partial charge in [-0.2, -0.15) is 0 Å². The fourth-order valence-corrected chi connectivity index (χ4v) is 3.33. The monoisotopic (exact) mass is 289 g/mol. The molecule has 2 unspecified atom stereocenters. The van der Waals surface area contributed by atoms with Gasteiger partial charge >= 0.3 is 0 Å². The van der Waals surface area contributed by atoms with E-state index in [2.05, 4.69) is 66.2 Å². The Morgan fingerprint density at radius 1 is 1.00 bits per heavy atom. The smallest absolute Gasteiger partial charge is 0.0358 e. The first kappa shape index (κ1) is 16.5. The molecule has 21 heavy (non-hydrogen) atoms. The summed E-state index contributed by atoms with van der Waals surface area (Å²) in [5.74, 6) is 0.625. The van der Waals surface area contributed by atoms with Crippen molar-refractivity contribution in [3.05, 3.63) is 35.9 Å². The Hall–Kier alpha value is -0.900. The third kappa shape index (κ3) is 4.80. The molecule has 0 aliphatic carbocycles. The van der Waals surface area contributed by atoms with E-state index >= 15 is 0 Å². The number of hydrogen-bond donors (Lipinski definition) is 1. The van der Waals surface area contributed by atoms with Gasteiger partial charge in [-0.3, -0.25) is 0 Å². The zero-order valence-corrected chi connectivity index (χ0v) is 13.9. The molecule has 1 aromatic rings. The Balaban J connectivity index is 1.92. The van der Waals surface area contributed by atoms with E-state index in [9.17, 15) is 0 Å². The van der Waals surface area contributed by atoms with Gasteiger partial charge in [0.05, 0.1) is 0 Å². The van der Waals surface area contributed by atoms with Crippen LogP contribution in [0.25, 0.3) is 0 Å². The highest BCUT2D eigenvalue weighted by Gasteiger charge is 2.23. The lowest BCUT2D eigenvalue weighted by Crippen LogP contribution is -2.48. The van der Waals surface area contributed by atoms with Gasteiger partial charge in [0.25, 0.3) is 0 Å². The van der Waals surface area contributed by atoms with E-state index in [1.807, 2.05) is 0 Å². The van der Waals surface area contributed by atoms with Gasteiger partial charge in [-0.15, -0.1) is 0 Å². The van der Waals surface area contributed by atoms with Gasteiger partial charge in [-0.1, -0.05) is 51.1 Å². The molecule has 1 heterocycles. The lowest BCUT2D eigenvalue weighted by atomic mass is 9.93. The number of nitrogens with one attached hydrogen (secondary N) is 1. The molecular weight excluding hydrogens is 258 g/mol. The summed E-state index contributed by atoms with van der Waals surface area (Å²) in [5.41, 5.74) is 1.42. The lowest BCUT2D eigenvalue weighted by Gasteiger charge is -2.37. The maximum atomic E-state index is 3.67. The Bertz CT molecular complexity index is 385. The third-order valence-corrected chi connectivity index (χ3v) is 4.61. The van der Waals surface area contributed by atoms with E-state index in [1.54, 1.807) is 0 Å². The Morgan fingerprint density at radius 2 is 1.62 bits per heavy atom. The van der Waals surface area contributed by atoms with Crippen LogP contribution in [0.4, 0.5) is 0 Å². The second kappa shape index (κ2) is 8.52. The normalized spacial score (nSPS) is 20.3. The molecule has 1 N–H and O–H groups in total.